The molecule has 0 unspecified atom stereocenters. The fraction of sp³-hybridized carbons (Fsp3) is 0.480. The minimum Gasteiger partial charge on any atom is -0.491 e. The van der Waals surface area contributed by atoms with Crippen molar-refractivity contribution < 1.29 is 22.7 Å². The summed E-state index contributed by atoms with van der Waals surface area (Å²) in [6.45, 7) is 8.47. The Morgan fingerprint density at radius 2 is 1.83 bits per heavy atom. The quantitative estimate of drug-likeness (QED) is 0.451. The molecule has 0 N–H and O–H groups in total. The van der Waals surface area contributed by atoms with Gasteiger partial charge in [-0.05, 0) is 75.2 Å². The molecule has 0 saturated carbocycles. The van der Waals surface area contributed by atoms with Crippen molar-refractivity contribution in [3.05, 3.63) is 57.5 Å². The van der Waals surface area contributed by atoms with Crippen LogP contribution in [0, 0.1) is 0 Å². The summed E-state index contributed by atoms with van der Waals surface area (Å²) in [7, 11) is -3.28. The largest absolute Gasteiger partial charge is 0.491 e. The molecule has 0 spiro atoms. The number of nitrogens with zero attached hydrogens (tertiary/aromatic N) is 2. The molecule has 1 aliphatic rings. The number of sulfone groups is 1. The standard InChI is InChI=1S/C25H32BrClN2O5S/c1-25(2,3)34-24(30)29-14-13-28(12-11-18-15-19(27)5-10-23(18)26)16-20(29)17-33-21-6-8-22(9-7-21)35(4,31)32/h5-10,15,20H,11-14,16-17H2,1-4H3/t20-/m0/s1. The monoisotopic (exact) mass is 586 g/mol. The lowest BCUT2D eigenvalue weighted by molar-refractivity contribution is -0.00917. The Bertz CT molecular complexity index is 1140. The van der Waals surface area contributed by atoms with Crippen LogP contribution in [0.25, 0.3) is 0 Å². The van der Waals surface area contributed by atoms with Crippen molar-refractivity contribution in [2.24, 2.45) is 0 Å². The lowest BCUT2D eigenvalue weighted by Crippen LogP contribution is -2.58. The van der Waals surface area contributed by atoms with Crippen molar-refractivity contribution in [1.29, 1.82) is 0 Å². The average molecular weight is 588 g/mol. The molecule has 1 aliphatic heterocycles. The first-order valence-corrected chi connectivity index (χ1v) is 14.5. The van der Waals surface area contributed by atoms with E-state index in [0.29, 0.717) is 23.9 Å². The number of amides is 1. The molecule has 1 fully saturated rings. The van der Waals surface area contributed by atoms with Gasteiger partial charge in [0.2, 0.25) is 0 Å². The molecule has 1 heterocycles. The maximum absolute atomic E-state index is 12.9. The molecule has 35 heavy (non-hydrogen) atoms. The highest BCUT2D eigenvalue weighted by molar-refractivity contribution is 9.10. The summed E-state index contributed by atoms with van der Waals surface area (Å²) in [5, 5.41) is 0.700. The summed E-state index contributed by atoms with van der Waals surface area (Å²) in [4.78, 5) is 17.2. The van der Waals surface area contributed by atoms with Crippen LogP contribution in [0.3, 0.4) is 0 Å². The maximum Gasteiger partial charge on any atom is 0.410 e. The van der Waals surface area contributed by atoms with E-state index in [4.69, 9.17) is 21.1 Å². The normalized spacial score (nSPS) is 17.3. The van der Waals surface area contributed by atoms with E-state index >= 15 is 0 Å². The van der Waals surface area contributed by atoms with Crippen LogP contribution in [0.2, 0.25) is 5.02 Å². The number of carbonyl (C=O) groups excluding carboxylic acids is 1. The Labute approximate surface area is 221 Å². The second kappa shape index (κ2) is 11.5. The van der Waals surface area contributed by atoms with Gasteiger partial charge in [-0.1, -0.05) is 27.5 Å². The lowest BCUT2D eigenvalue weighted by atomic mass is 10.1. The topological polar surface area (TPSA) is 76.2 Å². The summed E-state index contributed by atoms with van der Waals surface area (Å²) in [5.74, 6) is 0.543. The third-order valence-corrected chi connectivity index (χ3v) is 7.73. The summed E-state index contributed by atoms with van der Waals surface area (Å²) in [6, 6.07) is 11.8. The van der Waals surface area contributed by atoms with E-state index in [2.05, 4.69) is 20.8 Å². The number of rotatable bonds is 7. The third-order valence-electron chi connectivity index (χ3n) is 5.59. The predicted octanol–water partition coefficient (Wildman–Crippen LogP) is 5.05. The van der Waals surface area contributed by atoms with Crippen molar-refractivity contribution in [3.63, 3.8) is 0 Å². The Balaban J connectivity index is 1.68. The van der Waals surface area contributed by atoms with Crippen molar-refractivity contribution >= 4 is 43.5 Å². The zero-order chi connectivity index (χ0) is 25.8. The molecule has 192 valence electrons. The molecule has 0 aliphatic carbocycles. The lowest BCUT2D eigenvalue weighted by Gasteiger charge is -2.41. The highest BCUT2D eigenvalue weighted by Crippen LogP contribution is 2.23. The van der Waals surface area contributed by atoms with E-state index in [1.807, 2.05) is 39.0 Å². The van der Waals surface area contributed by atoms with Gasteiger partial charge < -0.3 is 9.47 Å². The molecule has 10 heteroatoms. The van der Waals surface area contributed by atoms with Crippen LogP contribution in [-0.4, -0.2) is 75.0 Å². The fourth-order valence-corrected chi connectivity index (χ4v) is 5.09. The van der Waals surface area contributed by atoms with Gasteiger partial charge in [-0.2, -0.15) is 0 Å². The fourth-order valence-electron chi connectivity index (χ4n) is 3.82. The first-order chi connectivity index (χ1) is 16.3. The molecule has 2 aromatic carbocycles. The minimum absolute atomic E-state index is 0.226. The van der Waals surface area contributed by atoms with Gasteiger partial charge in [-0.25, -0.2) is 13.2 Å². The van der Waals surface area contributed by atoms with Crippen LogP contribution in [0.15, 0.2) is 51.8 Å². The highest BCUT2D eigenvalue weighted by Gasteiger charge is 2.33. The molecule has 0 bridgehead atoms. The number of ether oxygens (including phenoxy) is 2. The van der Waals surface area contributed by atoms with Crippen LogP contribution in [0.1, 0.15) is 26.3 Å². The Morgan fingerprint density at radius 1 is 1.14 bits per heavy atom. The summed E-state index contributed by atoms with van der Waals surface area (Å²) < 4.78 is 36.0. The van der Waals surface area contributed by atoms with Gasteiger partial charge in [0, 0.05) is 41.9 Å². The molecule has 2 aromatic rings. The van der Waals surface area contributed by atoms with E-state index in [1.54, 1.807) is 17.0 Å². The number of carbonyl (C=O) groups is 1. The average Bonchev–Trinajstić information content (AvgIpc) is 2.77. The second-order valence-corrected chi connectivity index (χ2v) is 13.0. The first-order valence-electron chi connectivity index (χ1n) is 11.4. The zero-order valence-corrected chi connectivity index (χ0v) is 23.6. The number of piperazine rings is 1. The highest BCUT2D eigenvalue weighted by atomic mass is 79.9. The van der Waals surface area contributed by atoms with Gasteiger partial charge in [0.15, 0.2) is 9.84 Å². The molecule has 3 rings (SSSR count). The number of hydrogen-bond acceptors (Lipinski definition) is 6. The number of halogens is 2. The SMILES string of the molecule is CC(C)(C)OC(=O)N1CCN(CCc2cc(Cl)ccc2Br)C[C@H]1COc1ccc(S(C)(=O)=O)cc1. The molecule has 7 nitrogen and oxygen atoms in total. The Hall–Kier alpha value is -1.81. The predicted molar refractivity (Wildman–Crippen MR) is 141 cm³/mol. The minimum atomic E-state index is -3.28. The molecular weight excluding hydrogens is 556 g/mol. The van der Waals surface area contributed by atoms with Crippen LogP contribution in [0.4, 0.5) is 4.79 Å². The van der Waals surface area contributed by atoms with Crippen LogP contribution in [0.5, 0.6) is 5.75 Å². The van der Waals surface area contributed by atoms with Gasteiger partial charge in [-0.3, -0.25) is 9.80 Å². The third kappa shape index (κ3) is 8.37. The van der Waals surface area contributed by atoms with Crippen LogP contribution < -0.4 is 4.74 Å². The molecule has 0 radical (unpaired) electrons. The summed E-state index contributed by atoms with van der Waals surface area (Å²) in [6.07, 6.45) is 1.62. The van der Waals surface area contributed by atoms with Gasteiger partial charge in [0.1, 0.15) is 18.0 Å². The maximum atomic E-state index is 12.9. The molecular formula is C25H32BrClN2O5S. The van der Waals surface area contributed by atoms with E-state index < -0.39 is 15.4 Å². The molecule has 1 saturated heterocycles. The van der Waals surface area contributed by atoms with E-state index in [9.17, 15) is 13.2 Å². The first kappa shape index (κ1) is 27.8. The Morgan fingerprint density at radius 3 is 2.46 bits per heavy atom. The van der Waals surface area contributed by atoms with E-state index in [1.165, 1.54) is 18.4 Å². The second-order valence-electron chi connectivity index (χ2n) is 9.67. The number of benzene rings is 2. The molecule has 0 aromatic heterocycles. The van der Waals surface area contributed by atoms with Crippen molar-refractivity contribution in [2.75, 3.05) is 39.0 Å². The van der Waals surface area contributed by atoms with Gasteiger partial charge in [0.25, 0.3) is 0 Å². The van der Waals surface area contributed by atoms with Crippen molar-refractivity contribution in [3.8, 4) is 5.75 Å². The van der Waals surface area contributed by atoms with Crippen LogP contribution in [-0.2, 0) is 21.0 Å². The smallest absolute Gasteiger partial charge is 0.410 e. The summed E-state index contributed by atoms with van der Waals surface area (Å²) >= 11 is 9.75. The van der Waals surface area contributed by atoms with Crippen molar-refractivity contribution in [2.45, 2.75) is 43.7 Å². The van der Waals surface area contributed by atoms with E-state index in [0.717, 1.165) is 29.5 Å². The van der Waals surface area contributed by atoms with Gasteiger partial charge in [0.05, 0.1) is 10.9 Å². The molecule has 1 amide bonds. The van der Waals surface area contributed by atoms with Crippen molar-refractivity contribution in [1.82, 2.24) is 9.80 Å². The summed E-state index contributed by atoms with van der Waals surface area (Å²) in [5.41, 5.74) is 0.533. The number of hydrogen-bond donors (Lipinski definition) is 0. The molecule has 1 atom stereocenters. The van der Waals surface area contributed by atoms with E-state index in [-0.39, 0.29) is 23.6 Å². The zero-order valence-electron chi connectivity index (χ0n) is 20.5. The van der Waals surface area contributed by atoms with Crippen LogP contribution >= 0.6 is 27.5 Å². The van der Waals surface area contributed by atoms with Gasteiger partial charge in [-0.15, -0.1) is 0 Å². The Kier molecular flexibility index (Phi) is 9.12. The van der Waals surface area contributed by atoms with Gasteiger partial charge >= 0.3 is 6.09 Å².